The van der Waals surface area contributed by atoms with Crippen molar-refractivity contribution >= 4 is 11.0 Å². The molecule has 2 rings (SSSR count). The molecule has 1 heterocycles. The van der Waals surface area contributed by atoms with Crippen molar-refractivity contribution in [2.45, 2.75) is 52.1 Å². The normalized spacial score (nSPS) is 12.0. The average molecular weight is 303 g/mol. The molecule has 0 unspecified atom stereocenters. The Labute approximate surface area is 131 Å². The maximum Gasteiger partial charge on any atom is 0.336 e. The molecule has 1 aromatic carbocycles. The number of hydrogen-bond donors (Lipinski definition) is 2. The van der Waals surface area contributed by atoms with Crippen molar-refractivity contribution in [2.24, 2.45) is 0 Å². The van der Waals surface area contributed by atoms with Gasteiger partial charge < -0.3 is 14.8 Å². The highest BCUT2D eigenvalue weighted by Gasteiger charge is 2.24. The van der Waals surface area contributed by atoms with Gasteiger partial charge in [0.2, 0.25) is 0 Å². The van der Waals surface area contributed by atoms with E-state index in [-0.39, 0.29) is 17.8 Å². The first-order valence-electron chi connectivity index (χ1n) is 7.99. The molecule has 0 radical (unpaired) electrons. The molecule has 0 aliphatic heterocycles. The van der Waals surface area contributed by atoms with Gasteiger partial charge in [0.25, 0.3) is 0 Å². The fraction of sp³-hybridized carbons (Fsp3) is 0.500. The van der Waals surface area contributed by atoms with E-state index in [0.29, 0.717) is 12.1 Å². The van der Waals surface area contributed by atoms with Gasteiger partial charge in [0.1, 0.15) is 5.58 Å². The highest BCUT2D eigenvalue weighted by molar-refractivity contribution is 5.80. The third-order valence-electron chi connectivity index (χ3n) is 4.61. The van der Waals surface area contributed by atoms with E-state index in [0.717, 1.165) is 35.8 Å². The van der Waals surface area contributed by atoms with Crippen LogP contribution in [0.2, 0.25) is 0 Å². The number of fused-ring (bicyclic) bond motifs is 1. The van der Waals surface area contributed by atoms with Crippen LogP contribution in [0.25, 0.3) is 11.0 Å². The van der Waals surface area contributed by atoms with Gasteiger partial charge >= 0.3 is 5.63 Å². The predicted molar refractivity (Wildman–Crippen MR) is 89.1 cm³/mol. The third-order valence-corrected chi connectivity index (χ3v) is 4.61. The fourth-order valence-corrected chi connectivity index (χ4v) is 2.70. The summed E-state index contributed by atoms with van der Waals surface area (Å²) in [5.74, 6) is 0. The van der Waals surface area contributed by atoms with Gasteiger partial charge in [0.05, 0.1) is 6.61 Å². The first-order valence-corrected chi connectivity index (χ1v) is 7.99. The minimum Gasteiger partial charge on any atom is -0.423 e. The summed E-state index contributed by atoms with van der Waals surface area (Å²) in [7, 11) is 0. The number of nitrogens with one attached hydrogen (secondary N) is 1. The van der Waals surface area contributed by atoms with E-state index >= 15 is 0 Å². The molecule has 0 amide bonds. The Morgan fingerprint density at radius 3 is 2.50 bits per heavy atom. The molecule has 0 saturated carbocycles. The lowest BCUT2D eigenvalue weighted by Gasteiger charge is -2.31. The lowest BCUT2D eigenvalue weighted by molar-refractivity contribution is 0.149. The molecule has 0 aliphatic rings. The molecular formula is C18H25NO3. The summed E-state index contributed by atoms with van der Waals surface area (Å²) >= 11 is 0. The molecule has 0 bridgehead atoms. The molecule has 4 heteroatoms. The van der Waals surface area contributed by atoms with Crippen molar-refractivity contribution in [3.63, 3.8) is 0 Å². The lowest BCUT2D eigenvalue weighted by Crippen LogP contribution is -2.47. The third kappa shape index (κ3) is 3.39. The summed E-state index contributed by atoms with van der Waals surface area (Å²) in [4.78, 5) is 11.8. The Kier molecular flexibility index (Phi) is 5.37. The first-order chi connectivity index (χ1) is 10.6. The van der Waals surface area contributed by atoms with Crippen LogP contribution < -0.4 is 10.9 Å². The number of benzene rings is 1. The monoisotopic (exact) mass is 303 g/mol. The zero-order valence-electron chi connectivity index (χ0n) is 13.6. The Balaban J connectivity index is 2.37. The zero-order chi connectivity index (χ0) is 16.2. The highest BCUT2D eigenvalue weighted by atomic mass is 16.4. The Morgan fingerprint density at radius 2 is 1.91 bits per heavy atom. The molecule has 0 fully saturated rings. The van der Waals surface area contributed by atoms with E-state index in [2.05, 4.69) is 32.2 Å². The van der Waals surface area contributed by atoms with Gasteiger partial charge in [0, 0.05) is 23.5 Å². The van der Waals surface area contributed by atoms with Crippen molar-refractivity contribution in [1.29, 1.82) is 0 Å². The standard InChI is InChI=1S/C18H25NO3/c1-4-13-7-8-15-14(10-17(21)22-16(15)9-13)11-19-18(5-2,6-3)12-20/h7-10,19-20H,4-6,11-12H2,1-3H3. The number of hydrogen-bond acceptors (Lipinski definition) is 4. The van der Waals surface area contributed by atoms with E-state index in [9.17, 15) is 9.90 Å². The zero-order valence-corrected chi connectivity index (χ0v) is 13.6. The van der Waals surface area contributed by atoms with Crippen molar-refractivity contribution < 1.29 is 9.52 Å². The number of aliphatic hydroxyl groups is 1. The van der Waals surface area contributed by atoms with Gasteiger partial charge in [-0.05, 0) is 36.5 Å². The molecule has 0 spiro atoms. The largest absolute Gasteiger partial charge is 0.423 e. The van der Waals surface area contributed by atoms with Crippen LogP contribution in [0.4, 0.5) is 0 Å². The summed E-state index contributed by atoms with van der Waals surface area (Å²) in [6.07, 6.45) is 2.57. The topological polar surface area (TPSA) is 62.5 Å². The van der Waals surface area contributed by atoms with E-state index < -0.39 is 0 Å². The fourth-order valence-electron chi connectivity index (χ4n) is 2.70. The number of aliphatic hydroxyl groups excluding tert-OH is 1. The van der Waals surface area contributed by atoms with Crippen LogP contribution in [-0.2, 0) is 13.0 Å². The van der Waals surface area contributed by atoms with Crippen molar-refractivity contribution in [2.75, 3.05) is 6.61 Å². The second-order valence-electron chi connectivity index (χ2n) is 5.77. The molecule has 2 aromatic rings. The molecule has 120 valence electrons. The molecule has 1 aromatic heterocycles. The van der Waals surface area contributed by atoms with Crippen molar-refractivity contribution in [1.82, 2.24) is 5.32 Å². The summed E-state index contributed by atoms with van der Waals surface area (Å²) in [6.45, 7) is 6.80. The van der Waals surface area contributed by atoms with E-state index in [1.54, 1.807) is 0 Å². The predicted octanol–water partition coefficient (Wildman–Crippen LogP) is 3.00. The van der Waals surface area contributed by atoms with Crippen LogP contribution >= 0.6 is 0 Å². The summed E-state index contributed by atoms with van der Waals surface area (Å²) in [5.41, 5.74) is 2.05. The highest BCUT2D eigenvalue weighted by Crippen LogP contribution is 2.21. The molecule has 4 nitrogen and oxygen atoms in total. The van der Waals surface area contributed by atoms with Gasteiger partial charge in [-0.2, -0.15) is 0 Å². The van der Waals surface area contributed by atoms with E-state index in [4.69, 9.17) is 4.42 Å². The minimum absolute atomic E-state index is 0.0827. The summed E-state index contributed by atoms with van der Waals surface area (Å²) < 4.78 is 5.32. The van der Waals surface area contributed by atoms with Crippen LogP contribution in [0.5, 0.6) is 0 Å². The van der Waals surface area contributed by atoms with Crippen LogP contribution in [-0.4, -0.2) is 17.3 Å². The molecule has 0 saturated heterocycles. The van der Waals surface area contributed by atoms with Crippen LogP contribution in [0.1, 0.15) is 44.7 Å². The number of aryl methyl sites for hydroxylation is 1. The molecule has 0 atom stereocenters. The molecule has 22 heavy (non-hydrogen) atoms. The van der Waals surface area contributed by atoms with Gasteiger partial charge in [-0.1, -0.05) is 32.9 Å². The van der Waals surface area contributed by atoms with E-state index in [1.807, 2.05) is 12.1 Å². The lowest BCUT2D eigenvalue weighted by atomic mass is 9.93. The maximum atomic E-state index is 11.8. The molecular weight excluding hydrogens is 278 g/mol. The maximum absolute atomic E-state index is 11.8. The summed E-state index contributed by atoms with van der Waals surface area (Å²) in [6, 6.07) is 7.53. The molecule has 2 N–H and O–H groups in total. The van der Waals surface area contributed by atoms with E-state index in [1.165, 1.54) is 6.07 Å². The average Bonchev–Trinajstić information content (AvgIpc) is 2.55. The van der Waals surface area contributed by atoms with Crippen LogP contribution in [0, 0.1) is 0 Å². The summed E-state index contributed by atoms with van der Waals surface area (Å²) in [5, 5.41) is 14.0. The van der Waals surface area contributed by atoms with Crippen molar-refractivity contribution in [3.05, 3.63) is 45.8 Å². The second kappa shape index (κ2) is 7.07. The van der Waals surface area contributed by atoms with Gasteiger partial charge in [-0.3, -0.25) is 0 Å². The molecule has 0 aliphatic carbocycles. The van der Waals surface area contributed by atoms with Gasteiger partial charge in [-0.15, -0.1) is 0 Å². The van der Waals surface area contributed by atoms with Crippen LogP contribution in [0.3, 0.4) is 0 Å². The Hall–Kier alpha value is -1.65. The van der Waals surface area contributed by atoms with Crippen molar-refractivity contribution in [3.8, 4) is 0 Å². The first kappa shape index (κ1) is 16.7. The Morgan fingerprint density at radius 1 is 1.18 bits per heavy atom. The van der Waals surface area contributed by atoms with Gasteiger partial charge in [-0.25, -0.2) is 4.79 Å². The van der Waals surface area contributed by atoms with Gasteiger partial charge in [0.15, 0.2) is 0 Å². The van der Waals surface area contributed by atoms with Crippen LogP contribution in [0.15, 0.2) is 33.5 Å². The SMILES string of the molecule is CCc1ccc2c(CNC(CC)(CC)CO)cc(=O)oc2c1. The quantitative estimate of drug-likeness (QED) is 0.772. The minimum atomic E-state index is -0.333. The number of rotatable bonds is 7. The Bertz CT molecular complexity index is 678. The second-order valence-corrected chi connectivity index (χ2v) is 5.77. The smallest absolute Gasteiger partial charge is 0.336 e.